The molecule has 0 saturated heterocycles. The molecule has 0 aliphatic carbocycles. The molecule has 3 aromatic carbocycles. The van der Waals surface area contributed by atoms with Crippen LogP contribution in [0.3, 0.4) is 0 Å². The Hall–Kier alpha value is -4.47. The number of hydrogen-bond acceptors (Lipinski definition) is 4. The first-order chi connectivity index (χ1) is 17.1. The van der Waals surface area contributed by atoms with Crippen LogP contribution in [0.5, 0.6) is 0 Å². The molecule has 0 aliphatic heterocycles. The van der Waals surface area contributed by atoms with Gasteiger partial charge >= 0.3 is 6.18 Å². The van der Waals surface area contributed by atoms with Crippen molar-refractivity contribution in [2.45, 2.75) is 26.1 Å². The standard InChI is InChI=1S/C26H21F3N4O3/c1-15(2)33-25(36)19-11-4-3-10-18(19)22(32-33)24(35)31-21-13-6-5-12-20(21)23(34)30-17-9-7-8-16(14-17)26(27,28)29/h3-15H,1-2H3,(H,30,34)(H,31,35). The van der Waals surface area contributed by atoms with Crippen molar-refractivity contribution in [3.63, 3.8) is 0 Å². The maximum atomic E-state index is 13.3. The maximum Gasteiger partial charge on any atom is 0.416 e. The van der Waals surface area contributed by atoms with Crippen molar-refractivity contribution in [3.05, 3.63) is 100.0 Å². The van der Waals surface area contributed by atoms with Gasteiger partial charge in [-0.2, -0.15) is 18.3 Å². The van der Waals surface area contributed by atoms with Gasteiger partial charge in [0.25, 0.3) is 17.4 Å². The van der Waals surface area contributed by atoms with Crippen LogP contribution in [-0.4, -0.2) is 21.6 Å². The van der Waals surface area contributed by atoms with Crippen LogP contribution in [0.1, 0.15) is 46.3 Å². The Balaban J connectivity index is 1.66. The number of nitrogens with zero attached hydrogens (tertiary/aromatic N) is 2. The molecule has 0 saturated carbocycles. The lowest BCUT2D eigenvalue weighted by Crippen LogP contribution is -2.29. The summed E-state index contributed by atoms with van der Waals surface area (Å²) >= 11 is 0. The van der Waals surface area contributed by atoms with E-state index >= 15 is 0 Å². The molecule has 0 bridgehead atoms. The summed E-state index contributed by atoms with van der Waals surface area (Å²) in [6.07, 6.45) is -4.56. The minimum Gasteiger partial charge on any atom is -0.322 e. The van der Waals surface area contributed by atoms with Crippen LogP contribution in [0.4, 0.5) is 24.5 Å². The Morgan fingerprint density at radius 1 is 0.861 bits per heavy atom. The summed E-state index contributed by atoms with van der Waals surface area (Å²) in [5.41, 5.74) is -1.14. The van der Waals surface area contributed by atoms with Gasteiger partial charge in [0.2, 0.25) is 0 Å². The molecule has 2 amide bonds. The van der Waals surface area contributed by atoms with Crippen LogP contribution in [0, 0.1) is 0 Å². The van der Waals surface area contributed by atoms with Crippen molar-refractivity contribution in [2.24, 2.45) is 0 Å². The zero-order chi connectivity index (χ0) is 26.0. The van der Waals surface area contributed by atoms with E-state index in [1.54, 1.807) is 50.2 Å². The van der Waals surface area contributed by atoms with Crippen molar-refractivity contribution < 1.29 is 22.8 Å². The molecule has 0 radical (unpaired) electrons. The highest BCUT2D eigenvalue weighted by Crippen LogP contribution is 2.31. The number of aromatic nitrogens is 2. The molecule has 10 heteroatoms. The number of carbonyl (C=O) groups excluding carboxylic acids is 2. The van der Waals surface area contributed by atoms with Crippen LogP contribution in [0.15, 0.2) is 77.6 Å². The van der Waals surface area contributed by atoms with Gasteiger partial charge in [-0.3, -0.25) is 14.4 Å². The normalized spacial score (nSPS) is 11.5. The molecule has 0 fully saturated rings. The Labute approximate surface area is 203 Å². The van der Waals surface area contributed by atoms with Gasteiger partial charge in [0.15, 0.2) is 5.69 Å². The van der Waals surface area contributed by atoms with Crippen LogP contribution < -0.4 is 16.2 Å². The molecule has 0 unspecified atom stereocenters. The second-order valence-corrected chi connectivity index (χ2v) is 8.27. The van der Waals surface area contributed by atoms with Gasteiger partial charge in [-0.25, -0.2) is 4.68 Å². The second kappa shape index (κ2) is 9.65. The number of benzene rings is 3. The summed E-state index contributed by atoms with van der Waals surface area (Å²) in [4.78, 5) is 38.9. The first kappa shape index (κ1) is 24.6. The lowest BCUT2D eigenvalue weighted by atomic mass is 10.1. The van der Waals surface area contributed by atoms with Gasteiger partial charge in [0, 0.05) is 11.1 Å². The third-order valence-corrected chi connectivity index (χ3v) is 5.40. The quantitative estimate of drug-likeness (QED) is 0.383. The fraction of sp³-hybridized carbons (Fsp3) is 0.154. The van der Waals surface area contributed by atoms with E-state index in [-0.39, 0.29) is 34.2 Å². The van der Waals surface area contributed by atoms with Gasteiger partial charge in [0.05, 0.1) is 28.2 Å². The Morgan fingerprint density at radius 2 is 1.53 bits per heavy atom. The zero-order valence-corrected chi connectivity index (χ0v) is 19.3. The highest BCUT2D eigenvalue weighted by Gasteiger charge is 2.30. The minimum absolute atomic E-state index is 0.00742. The van der Waals surface area contributed by atoms with E-state index < -0.39 is 23.6 Å². The summed E-state index contributed by atoms with van der Waals surface area (Å²) in [6.45, 7) is 3.52. The van der Waals surface area contributed by atoms with Crippen molar-refractivity contribution in [3.8, 4) is 0 Å². The van der Waals surface area contributed by atoms with Gasteiger partial charge in [-0.05, 0) is 50.2 Å². The van der Waals surface area contributed by atoms with Gasteiger partial charge in [-0.15, -0.1) is 0 Å². The minimum atomic E-state index is -4.56. The molecule has 184 valence electrons. The molecule has 1 aromatic heterocycles. The average molecular weight is 494 g/mol. The van der Waals surface area contributed by atoms with Crippen LogP contribution in [0.2, 0.25) is 0 Å². The average Bonchev–Trinajstić information content (AvgIpc) is 2.84. The summed E-state index contributed by atoms with van der Waals surface area (Å²) in [6, 6.07) is 16.6. The Kier molecular flexibility index (Phi) is 6.61. The third-order valence-electron chi connectivity index (χ3n) is 5.40. The molecule has 0 aliphatic rings. The van der Waals surface area contributed by atoms with Gasteiger partial charge in [0.1, 0.15) is 0 Å². The number of anilines is 2. The number of hydrogen-bond donors (Lipinski definition) is 2. The molecular formula is C26H21F3N4O3. The summed E-state index contributed by atoms with van der Waals surface area (Å²) in [7, 11) is 0. The molecule has 2 N–H and O–H groups in total. The number of alkyl halides is 3. The smallest absolute Gasteiger partial charge is 0.322 e. The monoisotopic (exact) mass is 494 g/mol. The lowest BCUT2D eigenvalue weighted by Gasteiger charge is -2.15. The van der Waals surface area contributed by atoms with E-state index in [1.165, 1.54) is 28.9 Å². The third kappa shape index (κ3) is 4.97. The van der Waals surface area contributed by atoms with Crippen molar-refractivity contribution >= 4 is 34.0 Å². The number of carbonyl (C=O) groups is 2. The number of nitrogens with one attached hydrogen (secondary N) is 2. The van der Waals surface area contributed by atoms with E-state index in [4.69, 9.17) is 0 Å². The van der Waals surface area contributed by atoms with E-state index in [9.17, 15) is 27.6 Å². The largest absolute Gasteiger partial charge is 0.416 e. The van der Waals surface area contributed by atoms with E-state index in [1.807, 2.05) is 0 Å². The van der Waals surface area contributed by atoms with Crippen LogP contribution in [0.25, 0.3) is 10.8 Å². The number of halogens is 3. The molecule has 0 atom stereocenters. The Morgan fingerprint density at radius 3 is 2.22 bits per heavy atom. The Bertz CT molecular complexity index is 1530. The summed E-state index contributed by atoms with van der Waals surface area (Å²) in [5.74, 6) is -1.37. The molecule has 1 heterocycles. The van der Waals surface area contributed by atoms with E-state index in [2.05, 4.69) is 15.7 Å². The maximum absolute atomic E-state index is 13.3. The number of amides is 2. The first-order valence-electron chi connectivity index (χ1n) is 11.0. The first-order valence-corrected chi connectivity index (χ1v) is 11.0. The lowest BCUT2D eigenvalue weighted by molar-refractivity contribution is -0.137. The zero-order valence-electron chi connectivity index (χ0n) is 19.3. The molecule has 7 nitrogen and oxygen atoms in total. The number of rotatable bonds is 5. The van der Waals surface area contributed by atoms with Gasteiger partial charge in [-0.1, -0.05) is 36.4 Å². The SMILES string of the molecule is CC(C)n1nc(C(=O)Nc2ccccc2C(=O)Nc2cccc(C(F)(F)F)c2)c2ccccc2c1=O. The fourth-order valence-corrected chi connectivity index (χ4v) is 3.67. The molecule has 0 spiro atoms. The van der Waals surface area contributed by atoms with Crippen LogP contribution >= 0.6 is 0 Å². The number of fused-ring (bicyclic) bond motifs is 1. The highest BCUT2D eigenvalue weighted by molar-refractivity contribution is 6.15. The summed E-state index contributed by atoms with van der Waals surface area (Å²) in [5, 5.41) is 10.0. The summed E-state index contributed by atoms with van der Waals surface area (Å²) < 4.78 is 40.3. The fourth-order valence-electron chi connectivity index (χ4n) is 3.67. The molecule has 4 rings (SSSR count). The van der Waals surface area contributed by atoms with Crippen molar-refractivity contribution in [1.29, 1.82) is 0 Å². The second-order valence-electron chi connectivity index (χ2n) is 8.27. The molecule has 36 heavy (non-hydrogen) atoms. The number of para-hydroxylation sites is 1. The van der Waals surface area contributed by atoms with Crippen molar-refractivity contribution in [2.75, 3.05) is 10.6 Å². The van der Waals surface area contributed by atoms with Crippen LogP contribution in [-0.2, 0) is 6.18 Å². The molecular weight excluding hydrogens is 473 g/mol. The molecule has 4 aromatic rings. The predicted octanol–water partition coefficient (Wildman–Crippen LogP) is 5.50. The van der Waals surface area contributed by atoms with Crippen molar-refractivity contribution in [1.82, 2.24) is 9.78 Å². The van der Waals surface area contributed by atoms with Gasteiger partial charge < -0.3 is 10.6 Å². The predicted molar refractivity (Wildman–Crippen MR) is 130 cm³/mol. The van der Waals surface area contributed by atoms with E-state index in [0.29, 0.717) is 10.8 Å². The highest BCUT2D eigenvalue weighted by atomic mass is 19.4. The van der Waals surface area contributed by atoms with E-state index in [0.717, 1.165) is 12.1 Å². The topological polar surface area (TPSA) is 93.1 Å².